The third-order valence-electron chi connectivity index (χ3n) is 12.5. The summed E-state index contributed by atoms with van der Waals surface area (Å²) in [4.78, 5) is 16.8. The molecule has 4 fully saturated rings. The van der Waals surface area contributed by atoms with Crippen molar-refractivity contribution in [3.05, 3.63) is 47.7 Å². The summed E-state index contributed by atoms with van der Waals surface area (Å²) < 4.78 is 61.3. The number of halogens is 3. The monoisotopic (exact) mass is 739 g/mol. The Balaban J connectivity index is 1.23. The number of terminal acetylenes is 1. The van der Waals surface area contributed by atoms with Gasteiger partial charge in [0.2, 0.25) is 0 Å². The summed E-state index contributed by atoms with van der Waals surface area (Å²) in [6.07, 6.45) is 12.0. The van der Waals surface area contributed by atoms with Crippen molar-refractivity contribution < 1.29 is 27.8 Å². The summed E-state index contributed by atoms with van der Waals surface area (Å²) in [5.41, 5.74) is 0.0336. The molecule has 13 heteroatoms. The standard InChI is InChI=1S/C41H44F3N7O3/c1-5-29-32(43)10-7-24-15-28(52)16-30(33(24)29)34-36(44)38-35(31-21-48(3)47-37(31)34)39(49-19-26-8-9-27(20-49)51(26)14-11-23(2)53-4)46-40(45-38)54-22-41-12-6-13-50(41)18-25(42)17-41/h1,7,10,15-16,21,23,25-27,52H,6,8-9,11-14,17-20,22H2,2-4H3/t23?,25-,26-,27+,41+/m1/s1. The van der Waals surface area contributed by atoms with Gasteiger partial charge in [-0.3, -0.25) is 14.5 Å². The van der Waals surface area contributed by atoms with Gasteiger partial charge in [-0.05, 0) is 74.7 Å². The number of hydrogen-bond acceptors (Lipinski definition) is 9. The average molecular weight is 740 g/mol. The molecule has 5 aromatic rings. The van der Waals surface area contributed by atoms with Crippen molar-refractivity contribution in [3.8, 4) is 35.2 Å². The minimum Gasteiger partial charge on any atom is -0.508 e. The number of piperazine rings is 1. The third-order valence-corrected chi connectivity index (χ3v) is 12.5. The van der Waals surface area contributed by atoms with E-state index in [9.17, 15) is 9.50 Å². The van der Waals surface area contributed by atoms with Gasteiger partial charge in [0.05, 0.1) is 22.6 Å². The Morgan fingerprint density at radius 1 is 1.09 bits per heavy atom. The van der Waals surface area contributed by atoms with Crippen molar-refractivity contribution in [2.24, 2.45) is 7.05 Å². The van der Waals surface area contributed by atoms with Gasteiger partial charge in [-0.2, -0.15) is 15.1 Å². The number of methoxy groups -OCH3 is 1. The predicted octanol–water partition coefficient (Wildman–Crippen LogP) is 6.34. The van der Waals surface area contributed by atoms with E-state index in [0.29, 0.717) is 53.5 Å². The number of ether oxygens (including phenoxy) is 2. The number of anilines is 1. The molecule has 5 atom stereocenters. The zero-order chi connectivity index (χ0) is 37.5. The number of aryl methyl sites for hydroxylation is 1. The highest BCUT2D eigenvalue weighted by atomic mass is 19.1. The van der Waals surface area contributed by atoms with Gasteiger partial charge in [0.15, 0.2) is 5.82 Å². The first-order valence-corrected chi connectivity index (χ1v) is 18.9. The second-order valence-electron chi connectivity index (χ2n) is 15.7. The Bertz CT molecular complexity index is 2330. The van der Waals surface area contributed by atoms with Gasteiger partial charge in [-0.25, -0.2) is 13.2 Å². The molecule has 0 spiro atoms. The van der Waals surface area contributed by atoms with Gasteiger partial charge in [0.1, 0.15) is 41.2 Å². The van der Waals surface area contributed by atoms with Crippen LogP contribution in [0.5, 0.6) is 11.8 Å². The molecule has 54 heavy (non-hydrogen) atoms. The van der Waals surface area contributed by atoms with E-state index in [4.69, 9.17) is 31.0 Å². The van der Waals surface area contributed by atoms with E-state index in [-0.39, 0.29) is 64.1 Å². The van der Waals surface area contributed by atoms with Crippen LogP contribution in [0, 0.1) is 24.0 Å². The smallest absolute Gasteiger partial charge is 0.319 e. The van der Waals surface area contributed by atoms with E-state index in [2.05, 4.69) is 27.5 Å². The Hall–Kier alpha value is -4.64. The number of alkyl halides is 1. The average Bonchev–Trinajstić information content (AvgIpc) is 3.87. The van der Waals surface area contributed by atoms with Gasteiger partial charge >= 0.3 is 6.01 Å². The molecule has 2 aromatic heterocycles. The van der Waals surface area contributed by atoms with Crippen molar-refractivity contribution in [1.82, 2.24) is 29.5 Å². The Labute approximate surface area is 311 Å². The maximum atomic E-state index is 17.7. The van der Waals surface area contributed by atoms with Gasteiger partial charge in [-0.1, -0.05) is 12.0 Å². The quantitative estimate of drug-likeness (QED) is 0.174. The van der Waals surface area contributed by atoms with Crippen molar-refractivity contribution >= 4 is 38.4 Å². The lowest BCUT2D eigenvalue weighted by molar-refractivity contribution is 0.0829. The number of aromatic hydroxyl groups is 1. The highest BCUT2D eigenvalue weighted by Crippen LogP contribution is 2.46. The predicted molar refractivity (Wildman–Crippen MR) is 202 cm³/mol. The van der Waals surface area contributed by atoms with Gasteiger partial charge in [0, 0.05) is 81.4 Å². The molecule has 9 rings (SSSR count). The molecule has 2 bridgehead atoms. The molecular weight excluding hydrogens is 695 g/mol. The molecule has 10 nitrogen and oxygen atoms in total. The van der Waals surface area contributed by atoms with Crippen LogP contribution < -0.4 is 9.64 Å². The first kappa shape index (κ1) is 35.1. The summed E-state index contributed by atoms with van der Waals surface area (Å²) in [7, 11) is 3.49. The fraction of sp³-hybridized carbons (Fsp3) is 0.488. The fourth-order valence-corrected chi connectivity index (χ4v) is 9.84. The molecule has 0 aliphatic carbocycles. The van der Waals surface area contributed by atoms with Crippen LogP contribution in [0.15, 0.2) is 30.5 Å². The van der Waals surface area contributed by atoms with E-state index in [0.717, 1.165) is 45.2 Å². The van der Waals surface area contributed by atoms with Gasteiger partial charge in [0.25, 0.3) is 0 Å². The minimum atomic E-state index is -0.936. The molecule has 0 radical (unpaired) electrons. The maximum absolute atomic E-state index is 17.7. The van der Waals surface area contributed by atoms with Gasteiger partial charge in [-0.15, -0.1) is 6.42 Å². The number of hydrogen-bond donors (Lipinski definition) is 1. The maximum Gasteiger partial charge on any atom is 0.319 e. The van der Waals surface area contributed by atoms with Crippen LogP contribution in [0.25, 0.3) is 43.7 Å². The van der Waals surface area contributed by atoms with Crippen LogP contribution in [-0.4, -0.2) is 111 Å². The lowest BCUT2D eigenvalue weighted by Gasteiger charge is -2.42. The number of fused-ring (bicyclic) bond motifs is 7. The number of nitrogens with zero attached hydrogens (tertiary/aromatic N) is 7. The van der Waals surface area contributed by atoms with Gasteiger partial charge < -0.3 is 19.5 Å². The molecule has 3 aromatic carbocycles. The molecule has 0 saturated carbocycles. The number of phenols is 1. The zero-order valence-corrected chi connectivity index (χ0v) is 30.8. The molecule has 4 aliphatic heterocycles. The van der Waals surface area contributed by atoms with Crippen LogP contribution >= 0.6 is 0 Å². The van der Waals surface area contributed by atoms with Crippen LogP contribution in [0.1, 0.15) is 51.0 Å². The molecule has 0 amide bonds. The van der Waals surface area contributed by atoms with Crippen molar-refractivity contribution in [1.29, 1.82) is 0 Å². The Morgan fingerprint density at radius 3 is 2.65 bits per heavy atom. The highest BCUT2D eigenvalue weighted by Gasteiger charge is 2.49. The number of rotatable bonds is 9. The second kappa shape index (κ2) is 13.3. The number of aromatic nitrogens is 4. The lowest BCUT2D eigenvalue weighted by Crippen LogP contribution is -2.54. The summed E-state index contributed by atoms with van der Waals surface area (Å²) in [5, 5.41) is 17.4. The molecular formula is C41H44F3N7O3. The Morgan fingerprint density at radius 2 is 1.89 bits per heavy atom. The molecule has 6 heterocycles. The summed E-state index contributed by atoms with van der Waals surface area (Å²) in [6.45, 7) is 5.73. The van der Waals surface area contributed by atoms with Crippen molar-refractivity contribution in [2.45, 2.75) is 75.3 Å². The summed E-state index contributed by atoms with van der Waals surface area (Å²) >= 11 is 0. The SMILES string of the molecule is C#Cc1c(F)ccc2cc(O)cc(-c3c(F)c4nc(OC[C@@]56CCCN5C[C@H](F)C6)nc(N5C[C@H]6CC[C@@H](C5)N6CCC(C)OC)c4c4cn(C)nc34)c12. The number of phenolic OH excluding ortho intramolecular Hbond substituents is 1. The third kappa shape index (κ3) is 5.64. The van der Waals surface area contributed by atoms with E-state index < -0.39 is 23.3 Å². The number of benzene rings is 3. The lowest BCUT2D eigenvalue weighted by atomic mass is 9.91. The first-order valence-electron chi connectivity index (χ1n) is 18.9. The molecule has 4 aliphatic rings. The van der Waals surface area contributed by atoms with E-state index in [1.54, 1.807) is 18.8 Å². The largest absolute Gasteiger partial charge is 0.508 e. The molecule has 1 unspecified atom stereocenters. The molecule has 1 N–H and O–H groups in total. The molecule has 4 saturated heterocycles. The summed E-state index contributed by atoms with van der Waals surface area (Å²) in [6, 6.07) is 6.17. The topological polar surface area (TPSA) is 92.0 Å². The van der Waals surface area contributed by atoms with Crippen molar-refractivity contribution in [3.63, 3.8) is 0 Å². The Kier molecular flexibility index (Phi) is 8.63. The van der Waals surface area contributed by atoms with Crippen LogP contribution in [0.4, 0.5) is 19.0 Å². The normalized spacial score (nSPS) is 24.9. The summed E-state index contributed by atoms with van der Waals surface area (Å²) in [5.74, 6) is 1.50. The van der Waals surface area contributed by atoms with Crippen LogP contribution in [0.2, 0.25) is 0 Å². The van der Waals surface area contributed by atoms with Crippen LogP contribution in [0.3, 0.4) is 0 Å². The van der Waals surface area contributed by atoms with Crippen molar-refractivity contribution in [2.75, 3.05) is 51.3 Å². The van der Waals surface area contributed by atoms with E-state index in [1.807, 2.05) is 6.20 Å². The second-order valence-corrected chi connectivity index (χ2v) is 15.7. The van der Waals surface area contributed by atoms with Crippen LogP contribution in [-0.2, 0) is 11.8 Å². The molecule has 282 valence electrons. The van der Waals surface area contributed by atoms with E-state index >= 15 is 8.78 Å². The first-order chi connectivity index (χ1) is 26.1. The minimum absolute atomic E-state index is 0.00828. The van der Waals surface area contributed by atoms with E-state index in [1.165, 1.54) is 24.3 Å². The highest BCUT2D eigenvalue weighted by molar-refractivity contribution is 6.18. The zero-order valence-electron chi connectivity index (χ0n) is 30.8. The fourth-order valence-electron chi connectivity index (χ4n) is 9.84.